The fourth-order valence-corrected chi connectivity index (χ4v) is 1.28. The number of carbonyl (C=O) groups excluding carboxylic acids is 1. The lowest BCUT2D eigenvalue weighted by Crippen LogP contribution is -2.44. The zero-order valence-electron chi connectivity index (χ0n) is 6.46. The lowest BCUT2D eigenvalue weighted by atomic mass is 9.98. The number of rotatable bonds is 2. The second kappa shape index (κ2) is 3.01. The number of esters is 1. The molecule has 0 saturated carbocycles. The van der Waals surface area contributed by atoms with E-state index in [1.165, 1.54) is 7.11 Å². The highest BCUT2D eigenvalue weighted by molar-refractivity contribution is 5.69. The van der Waals surface area contributed by atoms with E-state index in [1.54, 1.807) is 0 Å². The molecule has 0 radical (unpaired) electrons. The predicted molar refractivity (Wildman–Crippen MR) is 37.6 cm³/mol. The summed E-state index contributed by atoms with van der Waals surface area (Å²) in [4.78, 5) is 12.9. The van der Waals surface area contributed by atoms with Crippen LogP contribution in [0, 0.1) is 5.92 Å². The van der Waals surface area contributed by atoms with Crippen molar-refractivity contribution in [1.82, 2.24) is 4.90 Å². The third-order valence-electron chi connectivity index (χ3n) is 1.82. The molecule has 58 valence electrons. The van der Waals surface area contributed by atoms with Gasteiger partial charge in [-0.3, -0.25) is 4.79 Å². The summed E-state index contributed by atoms with van der Waals surface area (Å²) in [5.74, 6) is 0.454. The largest absolute Gasteiger partial charge is 0.469 e. The molecular formula is C7H13NO2. The van der Waals surface area contributed by atoms with Crippen LogP contribution in [0.5, 0.6) is 0 Å². The lowest BCUT2D eigenvalue weighted by Gasteiger charge is -2.35. The van der Waals surface area contributed by atoms with Crippen LogP contribution in [0.1, 0.15) is 6.42 Å². The number of nitrogens with zero attached hydrogens (tertiary/aromatic N) is 1. The van der Waals surface area contributed by atoms with E-state index in [2.05, 4.69) is 9.64 Å². The van der Waals surface area contributed by atoms with Crippen molar-refractivity contribution in [2.75, 3.05) is 27.2 Å². The first-order valence-electron chi connectivity index (χ1n) is 3.47. The standard InChI is InChI=1S/C7H13NO2/c1-8-4-6(5-8)3-7(9)10-2/h6H,3-5H2,1-2H3. The molecule has 1 heterocycles. The topological polar surface area (TPSA) is 29.5 Å². The van der Waals surface area contributed by atoms with Crippen LogP contribution in [0.2, 0.25) is 0 Å². The third kappa shape index (κ3) is 1.70. The minimum absolute atomic E-state index is 0.0851. The molecule has 0 aliphatic carbocycles. The van der Waals surface area contributed by atoms with Gasteiger partial charge in [-0.05, 0) is 13.0 Å². The highest BCUT2D eigenvalue weighted by atomic mass is 16.5. The fraction of sp³-hybridized carbons (Fsp3) is 0.857. The van der Waals surface area contributed by atoms with E-state index >= 15 is 0 Å². The Labute approximate surface area is 61.0 Å². The van der Waals surface area contributed by atoms with E-state index in [0.29, 0.717) is 12.3 Å². The molecule has 1 aliphatic rings. The van der Waals surface area contributed by atoms with E-state index in [9.17, 15) is 4.79 Å². The number of hydrogen-bond donors (Lipinski definition) is 0. The van der Waals surface area contributed by atoms with Crippen LogP contribution >= 0.6 is 0 Å². The summed E-state index contributed by atoms with van der Waals surface area (Å²) >= 11 is 0. The molecular weight excluding hydrogens is 130 g/mol. The van der Waals surface area contributed by atoms with Gasteiger partial charge in [0.15, 0.2) is 0 Å². The molecule has 3 heteroatoms. The molecule has 0 unspecified atom stereocenters. The van der Waals surface area contributed by atoms with Crippen molar-refractivity contribution in [2.45, 2.75) is 6.42 Å². The fourth-order valence-electron chi connectivity index (χ4n) is 1.28. The summed E-state index contributed by atoms with van der Waals surface area (Å²) in [5.41, 5.74) is 0. The maximum atomic E-state index is 10.7. The molecule has 1 fully saturated rings. The van der Waals surface area contributed by atoms with E-state index in [4.69, 9.17) is 0 Å². The molecule has 1 aliphatic heterocycles. The van der Waals surface area contributed by atoms with Crippen LogP contribution in [-0.4, -0.2) is 38.1 Å². The van der Waals surface area contributed by atoms with Gasteiger partial charge in [0.05, 0.1) is 13.5 Å². The quantitative estimate of drug-likeness (QED) is 0.514. The van der Waals surface area contributed by atoms with Gasteiger partial charge in [0, 0.05) is 13.1 Å². The Morgan fingerprint density at radius 2 is 2.30 bits per heavy atom. The van der Waals surface area contributed by atoms with Gasteiger partial charge in [-0.15, -0.1) is 0 Å². The first-order chi connectivity index (χ1) is 4.72. The summed E-state index contributed by atoms with van der Waals surface area (Å²) < 4.78 is 4.53. The van der Waals surface area contributed by atoms with Gasteiger partial charge in [0.25, 0.3) is 0 Å². The van der Waals surface area contributed by atoms with Gasteiger partial charge >= 0.3 is 5.97 Å². The lowest BCUT2D eigenvalue weighted by molar-refractivity contribution is -0.142. The zero-order valence-corrected chi connectivity index (χ0v) is 6.46. The second-order valence-electron chi connectivity index (χ2n) is 2.87. The van der Waals surface area contributed by atoms with Gasteiger partial charge in [0.1, 0.15) is 0 Å². The van der Waals surface area contributed by atoms with E-state index in [-0.39, 0.29) is 5.97 Å². The maximum absolute atomic E-state index is 10.7. The van der Waals surface area contributed by atoms with Crippen LogP contribution in [0.3, 0.4) is 0 Å². The molecule has 0 aromatic heterocycles. The monoisotopic (exact) mass is 143 g/mol. The van der Waals surface area contributed by atoms with E-state index < -0.39 is 0 Å². The van der Waals surface area contributed by atoms with Gasteiger partial charge in [-0.2, -0.15) is 0 Å². The Morgan fingerprint density at radius 3 is 2.70 bits per heavy atom. The van der Waals surface area contributed by atoms with Gasteiger partial charge < -0.3 is 9.64 Å². The van der Waals surface area contributed by atoms with Crippen LogP contribution in [0.25, 0.3) is 0 Å². The highest BCUT2D eigenvalue weighted by Crippen LogP contribution is 2.16. The predicted octanol–water partition coefficient (Wildman–Crippen LogP) is 0.111. The summed E-state index contributed by atoms with van der Waals surface area (Å²) in [5, 5.41) is 0. The van der Waals surface area contributed by atoms with E-state index in [0.717, 1.165) is 13.1 Å². The first kappa shape index (κ1) is 7.54. The average molecular weight is 143 g/mol. The van der Waals surface area contributed by atoms with Crippen LogP contribution in [0.15, 0.2) is 0 Å². The minimum atomic E-state index is -0.0851. The van der Waals surface area contributed by atoms with Crippen molar-refractivity contribution in [3.8, 4) is 0 Å². The number of carbonyl (C=O) groups is 1. The highest BCUT2D eigenvalue weighted by Gasteiger charge is 2.25. The number of hydrogen-bond acceptors (Lipinski definition) is 3. The van der Waals surface area contributed by atoms with Crippen molar-refractivity contribution >= 4 is 5.97 Å². The summed E-state index contributed by atoms with van der Waals surface area (Å²) in [7, 11) is 3.48. The number of methoxy groups -OCH3 is 1. The molecule has 0 amide bonds. The van der Waals surface area contributed by atoms with Gasteiger partial charge in [-0.25, -0.2) is 0 Å². The van der Waals surface area contributed by atoms with Gasteiger partial charge in [-0.1, -0.05) is 0 Å². The van der Waals surface area contributed by atoms with Crippen molar-refractivity contribution in [3.63, 3.8) is 0 Å². The molecule has 0 aromatic rings. The molecule has 3 nitrogen and oxygen atoms in total. The summed E-state index contributed by atoms with van der Waals surface area (Å²) in [6.07, 6.45) is 0.584. The zero-order chi connectivity index (χ0) is 7.56. The molecule has 0 atom stereocenters. The second-order valence-corrected chi connectivity index (χ2v) is 2.87. The molecule has 0 spiro atoms. The van der Waals surface area contributed by atoms with Gasteiger partial charge in [0.2, 0.25) is 0 Å². The van der Waals surface area contributed by atoms with Crippen molar-refractivity contribution in [2.24, 2.45) is 5.92 Å². The molecule has 0 N–H and O–H groups in total. The smallest absolute Gasteiger partial charge is 0.305 e. The SMILES string of the molecule is COC(=O)CC1CN(C)C1. The summed E-state index contributed by atoms with van der Waals surface area (Å²) in [6, 6.07) is 0. The Bertz CT molecular complexity index is 130. The van der Waals surface area contributed by atoms with Crippen molar-refractivity contribution in [3.05, 3.63) is 0 Å². The molecule has 1 saturated heterocycles. The number of likely N-dealkylation sites (tertiary alicyclic amines) is 1. The average Bonchev–Trinajstić information content (AvgIpc) is 1.84. The van der Waals surface area contributed by atoms with Crippen LogP contribution in [-0.2, 0) is 9.53 Å². The maximum Gasteiger partial charge on any atom is 0.305 e. The molecule has 1 rings (SSSR count). The molecule has 0 bridgehead atoms. The summed E-state index contributed by atoms with van der Waals surface area (Å²) in [6.45, 7) is 2.07. The van der Waals surface area contributed by atoms with Crippen LogP contribution < -0.4 is 0 Å². The Morgan fingerprint density at radius 1 is 1.70 bits per heavy atom. The molecule has 0 aromatic carbocycles. The number of ether oxygens (including phenoxy) is 1. The van der Waals surface area contributed by atoms with Crippen molar-refractivity contribution < 1.29 is 9.53 Å². The Kier molecular flexibility index (Phi) is 2.27. The molecule has 10 heavy (non-hydrogen) atoms. The Balaban J connectivity index is 2.10. The van der Waals surface area contributed by atoms with Crippen molar-refractivity contribution in [1.29, 1.82) is 0 Å². The van der Waals surface area contributed by atoms with Crippen LogP contribution in [0.4, 0.5) is 0 Å². The normalized spacial score (nSPS) is 20.2. The minimum Gasteiger partial charge on any atom is -0.469 e. The Hall–Kier alpha value is -0.570. The van der Waals surface area contributed by atoms with E-state index in [1.807, 2.05) is 7.05 Å². The third-order valence-corrected chi connectivity index (χ3v) is 1.82. The first-order valence-corrected chi connectivity index (χ1v) is 3.47.